The van der Waals surface area contributed by atoms with Gasteiger partial charge < -0.3 is 5.32 Å². The molecule has 1 N–H and O–H groups in total. The normalized spacial score (nSPS) is 12.9. The standard InChI is InChI=1S/C15H20N4.ClH/c1-18(11-14-7-9-17-19(14)2)10-13-5-3-4-12-6-8-16-15(12)13;/h3-5,7,9,16H,6,8,10-11H2,1-2H3;1H. The van der Waals surface area contributed by atoms with E-state index in [-0.39, 0.29) is 12.4 Å². The highest BCUT2D eigenvalue weighted by atomic mass is 35.5. The second-order valence-corrected chi connectivity index (χ2v) is 5.25. The molecule has 0 amide bonds. The quantitative estimate of drug-likeness (QED) is 0.940. The Labute approximate surface area is 126 Å². The topological polar surface area (TPSA) is 33.1 Å². The zero-order valence-corrected chi connectivity index (χ0v) is 12.8. The van der Waals surface area contributed by atoms with Gasteiger partial charge in [0.15, 0.2) is 0 Å². The minimum Gasteiger partial charge on any atom is -0.384 e. The van der Waals surface area contributed by atoms with Gasteiger partial charge in [0.05, 0.1) is 5.69 Å². The fourth-order valence-electron chi connectivity index (χ4n) is 2.72. The Bertz CT molecular complexity index is 579. The summed E-state index contributed by atoms with van der Waals surface area (Å²) in [4.78, 5) is 2.33. The van der Waals surface area contributed by atoms with Crippen LogP contribution in [-0.4, -0.2) is 28.3 Å². The Kier molecular flexibility index (Phi) is 4.68. The summed E-state index contributed by atoms with van der Waals surface area (Å²) in [6, 6.07) is 8.68. The molecule has 0 aliphatic carbocycles. The number of halogens is 1. The van der Waals surface area contributed by atoms with E-state index in [0.29, 0.717) is 0 Å². The minimum absolute atomic E-state index is 0. The van der Waals surface area contributed by atoms with E-state index in [1.54, 1.807) is 0 Å². The summed E-state index contributed by atoms with van der Waals surface area (Å²) >= 11 is 0. The van der Waals surface area contributed by atoms with Crippen LogP contribution in [0.3, 0.4) is 0 Å². The van der Waals surface area contributed by atoms with E-state index in [0.717, 1.165) is 26.1 Å². The molecule has 0 saturated heterocycles. The van der Waals surface area contributed by atoms with Crippen molar-refractivity contribution in [1.29, 1.82) is 0 Å². The van der Waals surface area contributed by atoms with Crippen molar-refractivity contribution in [2.75, 3.05) is 18.9 Å². The van der Waals surface area contributed by atoms with Gasteiger partial charge in [-0.3, -0.25) is 9.58 Å². The molecule has 0 saturated carbocycles. The lowest BCUT2D eigenvalue weighted by atomic mass is 10.1. The molecule has 5 heteroatoms. The maximum atomic E-state index is 4.21. The molecule has 0 unspecified atom stereocenters. The van der Waals surface area contributed by atoms with Crippen LogP contribution >= 0.6 is 12.4 Å². The van der Waals surface area contributed by atoms with Gasteiger partial charge in [0, 0.05) is 38.6 Å². The van der Waals surface area contributed by atoms with Crippen molar-refractivity contribution in [3.63, 3.8) is 0 Å². The lowest BCUT2D eigenvalue weighted by molar-refractivity contribution is 0.310. The molecule has 0 radical (unpaired) electrons. The first-order valence-corrected chi connectivity index (χ1v) is 6.74. The van der Waals surface area contributed by atoms with Crippen molar-refractivity contribution in [2.24, 2.45) is 7.05 Å². The minimum atomic E-state index is 0. The lowest BCUT2D eigenvalue weighted by Crippen LogP contribution is -2.19. The van der Waals surface area contributed by atoms with E-state index in [1.165, 1.54) is 22.5 Å². The van der Waals surface area contributed by atoms with Crippen molar-refractivity contribution >= 4 is 18.1 Å². The molecule has 20 heavy (non-hydrogen) atoms. The van der Waals surface area contributed by atoms with Crippen LogP contribution in [0.4, 0.5) is 5.69 Å². The number of benzene rings is 1. The Morgan fingerprint density at radius 1 is 1.30 bits per heavy atom. The van der Waals surface area contributed by atoms with Crippen LogP contribution in [0.5, 0.6) is 0 Å². The molecule has 1 aromatic heterocycles. The second-order valence-electron chi connectivity index (χ2n) is 5.25. The largest absolute Gasteiger partial charge is 0.384 e. The number of hydrogen-bond donors (Lipinski definition) is 1. The third kappa shape index (κ3) is 2.97. The van der Waals surface area contributed by atoms with Crippen LogP contribution in [0, 0.1) is 0 Å². The Balaban J connectivity index is 0.00000147. The number of para-hydroxylation sites is 1. The fraction of sp³-hybridized carbons (Fsp3) is 0.400. The molecule has 1 aliphatic heterocycles. The Hall–Kier alpha value is -1.52. The summed E-state index contributed by atoms with van der Waals surface area (Å²) < 4.78 is 1.93. The van der Waals surface area contributed by atoms with E-state index in [4.69, 9.17) is 0 Å². The predicted octanol–water partition coefficient (Wildman–Crippen LogP) is 2.44. The summed E-state index contributed by atoms with van der Waals surface area (Å²) in [5, 5.41) is 7.71. The summed E-state index contributed by atoms with van der Waals surface area (Å²) in [6.45, 7) is 2.94. The van der Waals surface area contributed by atoms with Crippen LogP contribution in [0.2, 0.25) is 0 Å². The Morgan fingerprint density at radius 2 is 2.15 bits per heavy atom. The first-order valence-electron chi connectivity index (χ1n) is 6.74. The SMILES string of the molecule is CN(Cc1cccc2c1NCC2)Cc1ccnn1C.Cl. The number of nitrogens with one attached hydrogen (secondary N) is 1. The fourth-order valence-corrected chi connectivity index (χ4v) is 2.72. The molecule has 0 spiro atoms. The molecule has 4 nitrogen and oxygen atoms in total. The van der Waals surface area contributed by atoms with Crippen molar-refractivity contribution < 1.29 is 0 Å². The maximum Gasteiger partial charge on any atom is 0.0521 e. The van der Waals surface area contributed by atoms with E-state index >= 15 is 0 Å². The van der Waals surface area contributed by atoms with Crippen molar-refractivity contribution in [3.8, 4) is 0 Å². The van der Waals surface area contributed by atoms with Crippen molar-refractivity contribution in [3.05, 3.63) is 47.3 Å². The first-order chi connectivity index (χ1) is 9.24. The molecule has 0 fully saturated rings. The number of hydrogen-bond acceptors (Lipinski definition) is 3. The van der Waals surface area contributed by atoms with Crippen LogP contribution < -0.4 is 5.32 Å². The van der Waals surface area contributed by atoms with Crippen LogP contribution in [-0.2, 0) is 26.6 Å². The van der Waals surface area contributed by atoms with Gasteiger partial charge in [-0.2, -0.15) is 5.10 Å². The van der Waals surface area contributed by atoms with Gasteiger partial charge in [0.1, 0.15) is 0 Å². The van der Waals surface area contributed by atoms with Gasteiger partial charge in [-0.25, -0.2) is 0 Å². The number of anilines is 1. The first kappa shape index (κ1) is 14.9. The molecule has 2 heterocycles. The van der Waals surface area contributed by atoms with E-state index < -0.39 is 0 Å². The van der Waals surface area contributed by atoms with Crippen molar-refractivity contribution in [1.82, 2.24) is 14.7 Å². The summed E-state index contributed by atoms with van der Waals surface area (Å²) in [5.74, 6) is 0. The highest BCUT2D eigenvalue weighted by Crippen LogP contribution is 2.27. The number of rotatable bonds is 4. The third-order valence-electron chi connectivity index (χ3n) is 3.73. The monoisotopic (exact) mass is 292 g/mol. The summed E-state index contributed by atoms with van der Waals surface area (Å²) in [5.41, 5.74) is 5.42. The van der Waals surface area contributed by atoms with Gasteiger partial charge in [0.25, 0.3) is 0 Å². The van der Waals surface area contributed by atoms with E-state index in [1.807, 2.05) is 17.9 Å². The Morgan fingerprint density at radius 3 is 2.90 bits per heavy atom. The zero-order valence-electron chi connectivity index (χ0n) is 12.0. The number of aromatic nitrogens is 2. The molecule has 3 rings (SSSR count). The summed E-state index contributed by atoms with van der Waals surface area (Å²) in [6.07, 6.45) is 3.00. The molecule has 2 aromatic rings. The average Bonchev–Trinajstić information content (AvgIpc) is 3.00. The molecule has 1 aliphatic rings. The highest BCUT2D eigenvalue weighted by Gasteiger charge is 2.14. The second kappa shape index (κ2) is 6.29. The molecule has 108 valence electrons. The molecule has 0 bridgehead atoms. The third-order valence-corrected chi connectivity index (χ3v) is 3.73. The van der Waals surface area contributed by atoms with Gasteiger partial charge >= 0.3 is 0 Å². The van der Waals surface area contributed by atoms with Crippen LogP contribution in [0.15, 0.2) is 30.5 Å². The highest BCUT2D eigenvalue weighted by molar-refractivity contribution is 5.85. The van der Waals surface area contributed by atoms with Gasteiger partial charge in [0.2, 0.25) is 0 Å². The van der Waals surface area contributed by atoms with E-state index in [2.05, 4.69) is 46.6 Å². The molecule has 0 atom stereocenters. The van der Waals surface area contributed by atoms with Crippen molar-refractivity contribution in [2.45, 2.75) is 19.5 Å². The van der Waals surface area contributed by atoms with Crippen LogP contribution in [0.25, 0.3) is 0 Å². The summed E-state index contributed by atoms with van der Waals surface area (Å²) in [7, 11) is 4.15. The lowest BCUT2D eigenvalue weighted by Gasteiger charge is -2.18. The molecular formula is C15H21ClN4. The average molecular weight is 293 g/mol. The molecule has 1 aromatic carbocycles. The smallest absolute Gasteiger partial charge is 0.0521 e. The van der Waals surface area contributed by atoms with E-state index in [9.17, 15) is 0 Å². The van der Waals surface area contributed by atoms with Gasteiger partial charge in [-0.1, -0.05) is 18.2 Å². The van der Waals surface area contributed by atoms with Crippen LogP contribution in [0.1, 0.15) is 16.8 Å². The maximum absolute atomic E-state index is 4.21. The number of nitrogens with zero attached hydrogens (tertiary/aromatic N) is 3. The number of aryl methyl sites for hydroxylation is 1. The molecular weight excluding hydrogens is 272 g/mol. The van der Waals surface area contributed by atoms with Gasteiger partial charge in [-0.15, -0.1) is 12.4 Å². The predicted molar refractivity (Wildman–Crippen MR) is 84.3 cm³/mol. The zero-order chi connectivity index (χ0) is 13.2. The van der Waals surface area contributed by atoms with Gasteiger partial charge in [-0.05, 0) is 30.7 Å². The number of fused-ring (bicyclic) bond motifs is 1.